The minimum Gasteiger partial charge on any atom is -0.676 e. The third-order valence-corrected chi connectivity index (χ3v) is 0.552. The van der Waals surface area contributed by atoms with E-state index in [-0.39, 0.29) is 70.3 Å². The number of carbonyl (C=O) groups is 1. The number of Topliss-reactive ketones (excluding diaryl/α,β-unsaturated/α-hetero) is 1. The fraction of sp³-hybridized carbons (Fsp3) is 0.857. The first-order chi connectivity index (χ1) is 4.77. The molecule has 0 aromatic heterocycles. The van der Waals surface area contributed by atoms with Crippen LogP contribution in [-0.4, -0.2) is 25.5 Å². The standard InChI is InChI=1S/C5H10NO2.C2H6.K/c1-5(7)4-8-3-2-6;1-2;/h6H,2-4H2,1H3;1-2H3;/q-1;;+1. The second-order valence-corrected chi connectivity index (χ2v) is 1.50. The van der Waals surface area contributed by atoms with E-state index in [9.17, 15) is 4.79 Å². The van der Waals surface area contributed by atoms with Crippen molar-refractivity contribution in [1.82, 2.24) is 0 Å². The maximum Gasteiger partial charge on any atom is 1.00 e. The SMILES string of the molecule is CC.CC(=O)COCC[NH-].[K+]. The number of rotatable bonds is 4. The first-order valence-electron chi connectivity index (χ1n) is 3.49. The van der Waals surface area contributed by atoms with Crippen molar-refractivity contribution in [3.8, 4) is 0 Å². The van der Waals surface area contributed by atoms with Gasteiger partial charge >= 0.3 is 51.4 Å². The van der Waals surface area contributed by atoms with Crippen molar-refractivity contribution >= 4 is 5.78 Å². The number of carbonyl (C=O) groups excluding carboxylic acids is 1. The number of ether oxygens (including phenoxy) is 1. The van der Waals surface area contributed by atoms with E-state index in [0.717, 1.165) is 0 Å². The number of hydrogen-bond donors (Lipinski definition) is 0. The summed E-state index contributed by atoms with van der Waals surface area (Å²) >= 11 is 0. The predicted octanol–water partition coefficient (Wildman–Crippen LogP) is -1.33. The molecular weight excluding hydrogens is 169 g/mol. The molecule has 0 heterocycles. The Bertz CT molecular complexity index is 78.8. The van der Waals surface area contributed by atoms with E-state index in [1.165, 1.54) is 6.92 Å². The minimum absolute atomic E-state index is 0. The third-order valence-electron chi connectivity index (χ3n) is 0.552. The molecule has 3 nitrogen and oxygen atoms in total. The molecule has 1 N–H and O–H groups in total. The molecule has 0 aliphatic carbocycles. The minimum atomic E-state index is 0. The van der Waals surface area contributed by atoms with Gasteiger partial charge in [-0.3, -0.25) is 4.79 Å². The van der Waals surface area contributed by atoms with Gasteiger partial charge in [-0.05, 0) is 6.92 Å². The first-order valence-corrected chi connectivity index (χ1v) is 3.49. The molecule has 0 saturated carbocycles. The van der Waals surface area contributed by atoms with Crippen LogP contribution in [0.3, 0.4) is 0 Å². The fourth-order valence-electron chi connectivity index (χ4n) is 0.288. The zero-order valence-electron chi connectivity index (χ0n) is 7.94. The molecule has 0 rings (SSSR count). The van der Waals surface area contributed by atoms with Crippen LogP contribution in [0.4, 0.5) is 0 Å². The first kappa shape index (κ1) is 18.1. The van der Waals surface area contributed by atoms with Crippen molar-refractivity contribution < 1.29 is 60.9 Å². The van der Waals surface area contributed by atoms with Crippen molar-refractivity contribution in [3.63, 3.8) is 0 Å². The van der Waals surface area contributed by atoms with Crippen LogP contribution < -0.4 is 51.4 Å². The van der Waals surface area contributed by atoms with Crippen LogP contribution in [0.2, 0.25) is 0 Å². The van der Waals surface area contributed by atoms with Gasteiger partial charge in [0.1, 0.15) is 6.61 Å². The van der Waals surface area contributed by atoms with Gasteiger partial charge in [0.25, 0.3) is 0 Å². The molecule has 0 unspecified atom stereocenters. The van der Waals surface area contributed by atoms with Gasteiger partial charge in [-0.15, -0.1) is 6.54 Å². The van der Waals surface area contributed by atoms with Crippen LogP contribution in [0.15, 0.2) is 0 Å². The summed E-state index contributed by atoms with van der Waals surface area (Å²) in [7, 11) is 0. The number of nitrogens with one attached hydrogen (secondary N) is 1. The van der Waals surface area contributed by atoms with Gasteiger partial charge in [0, 0.05) is 6.61 Å². The Balaban J connectivity index is -0.000000196. The molecule has 0 fully saturated rings. The van der Waals surface area contributed by atoms with E-state index in [1.807, 2.05) is 13.8 Å². The van der Waals surface area contributed by atoms with E-state index >= 15 is 0 Å². The van der Waals surface area contributed by atoms with Crippen LogP contribution >= 0.6 is 0 Å². The Labute approximate surface area is 111 Å². The average molecular weight is 185 g/mol. The van der Waals surface area contributed by atoms with E-state index in [1.54, 1.807) is 0 Å². The maximum absolute atomic E-state index is 10.1. The number of ketones is 1. The summed E-state index contributed by atoms with van der Waals surface area (Å²) in [6.07, 6.45) is 0. The van der Waals surface area contributed by atoms with Crippen molar-refractivity contribution in [2.24, 2.45) is 0 Å². The molecule has 0 aromatic rings. The van der Waals surface area contributed by atoms with Crippen molar-refractivity contribution in [2.45, 2.75) is 20.8 Å². The van der Waals surface area contributed by atoms with E-state index in [0.29, 0.717) is 6.61 Å². The Kier molecular flexibility index (Phi) is 28.5. The molecule has 0 saturated heterocycles. The zero-order valence-corrected chi connectivity index (χ0v) is 11.1. The van der Waals surface area contributed by atoms with Crippen LogP contribution in [0.1, 0.15) is 20.8 Å². The van der Waals surface area contributed by atoms with Gasteiger partial charge in [-0.25, -0.2) is 0 Å². The van der Waals surface area contributed by atoms with Crippen LogP contribution in [0.5, 0.6) is 0 Å². The summed E-state index contributed by atoms with van der Waals surface area (Å²) in [5.41, 5.74) is 6.61. The van der Waals surface area contributed by atoms with Crippen LogP contribution in [0, 0.1) is 0 Å². The fourth-order valence-corrected chi connectivity index (χ4v) is 0.288. The molecule has 0 bridgehead atoms. The molecule has 0 amide bonds. The summed E-state index contributed by atoms with van der Waals surface area (Å²) in [5.74, 6) is 0.0125. The summed E-state index contributed by atoms with van der Waals surface area (Å²) in [5, 5.41) is 0. The summed E-state index contributed by atoms with van der Waals surface area (Å²) in [6, 6.07) is 0. The molecule has 0 spiro atoms. The van der Waals surface area contributed by atoms with Crippen molar-refractivity contribution in [1.29, 1.82) is 0 Å². The molecular formula is C7H16KNO2. The summed E-state index contributed by atoms with van der Waals surface area (Å²) in [6.45, 7) is 6.20. The molecule has 62 valence electrons. The molecule has 0 aliphatic heterocycles. The second kappa shape index (κ2) is 17.3. The summed E-state index contributed by atoms with van der Waals surface area (Å²) < 4.78 is 4.71. The van der Waals surface area contributed by atoms with Gasteiger partial charge in [-0.1, -0.05) is 13.8 Å². The van der Waals surface area contributed by atoms with Crippen LogP contribution in [0.25, 0.3) is 5.73 Å². The zero-order chi connectivity index (χ0) is 8.41. The summed E-state index contributed by atoms with van der Waals surface area (Å²) in [4.78, 5) is 10.1. The van der Waals surface area contributed by atoms with Gasteiger partial charge in [0.15, 0.2) is 5.78 Å². The van der Waals surface area contributed by atoms with Gasteiger partial charge in [-0.2, -0.15) is 0 Å². The normalized spacial score (nSPS) is 7.27. The van der Waals surface area contributed by atoms with E-state index < -0.39 is 0 Å². The monoisotopic (exact) mass is 185 g/mol. The Morgan fingerprint density at radius 2 is 1.91 bits per heavy atom. The van der Waals surface area contributed by atoms with E-state index in [2.05, 4.69) is 0 Å². The third kappa shape index (κ3) is 24.7. The molecule has 4 heteroatoms. The Morgan fingerprint density at radius 3 is 2.18 bits per heavy atom. The topological polar surface area (TPSA) is 50.1 Å². The number of hydrogen-bond acceptors (Lipinski definition) is 2. The quantitative estimate of drug-likeness (QED) is 0.403. The second-order valence-electron chi connectivity index (χ2n) is 1.50. The van der Waals surface area contributed by atoms with Gasteiger partial charge in [0.2, 0.25) is 0 Å². The molecule has 11 heavy (non-hydrogen) atoms. The Morgan fingerprint density at radius 1 is 1.45 bits per heavy atom. The maximum atomic E-state index is 10.1. The molecule has 0 aromatic carbocycles. The molecule has 0 atom stereocenters. The molecule has 0 radical (unpaired) electrons. The largest absolute Gasteiger partial charge is 1.00 e. The van der Waals surface area contributed by atoms with Crippen LogP contribution in [-0.2, 0) is 9.53 Å². The van der Waals surface area contributed by atoms with Gasteiger partial charge < -0.3 is 10.5 Å². The van der Waals surface area contributed by atoms with Crippen molar-refractivity contribution in [3.05, 3.63) is 5.73 Å². The Hall–Kier alpha value is 1.23. The van der Waals surface area contributed by atoms with E-state index in [4.69, 9.17) is 10.5 Å². The average Bonchev–Trinajstić information content (AvgIpc) is 1.92. The smallest absolute Gasteiger partial charge is 0.676 e. The predicted molar refractivity (Wildman–Crippen MR) is 42.0 cm³/mol. The van der Waals surface area contributed by atoms with Gasteiger partial charge in [0.05, 0.1) is 0 Å². The molecule has 0 aliphatic rings. The van der Waals surface area contributed by atoms with Crippen molar-refractivity contribution in [2.75, 3.05) is 19.8 Å².